The van der Waals surface area contributed by atoms with Crippen LogP contribution in [0.2, 0.25) is 0 Å². The third-order valence-electron chi connectivity index (χ3n) is 1.99. The van der Waals surface area contributed by atoms with Gasteiger partial charge in [0.05, 0.1) is 12.2 Å². The van der Waals surface area contributed by atoms with Crippen LogP contribution in [0.1, 0.15) is 33.1 Å². The highest BCUT2D eigenvalue weighted by Crippen LogP contribution is 2.09. The zero-order chi connectivity index (χ0) is 11.0. The van der Waals surface area contributed by atoms with Gasteiger partial charge in [-0.05, 0) is 13.3 Å². The van der Waals surface area contributed by atoms with E-state index in [0.717, 1.165) is 6.42 Å². The predicted octanol–water partition coefficient (Wildman–Crippen LogP) is 0.690. The molecule has 0 aromatic carbocycles. The standard InChI is InChI=1S/C10H21NO3/c1-4-6-10(2,13)8-11-9(12)5-7-14-3/h13H,4-8H2,1-3H3,(H,11,12). The smallest absolute Gasteiger partial charge is 0.222 e. The molecule has 0 heterocycles. The summed E-state index contributed by atoms with van der Waals surface area (Å²) in [6, 6.07) is 0. The van der Waals surface area contributed by atoms with Gasteiger partial charge in [0.25, 0.3) is 0 Å². The van der Waals surface area contributed by atoms with Crippen molar-refractivity contribution in [1.29, 1.82) is 0 Å². The van der Waals surface area contributed by atoms with Crippen molar-refractivity contribution in [2.75, 3.05) is 20.3 Å². The van der Waals surface area contributed by atoms with E-state index in [-0.39, 0.29) is 5.91 Å². The summed E-state index contributed by atoms with van der Waals surface area (Å²) < 4.78 is 4.77. The summed E-state index contributed by atoms with van der Waals surface area (Å²) in [6.07, 6.45) is 1.94. The fourth-order valence-electron chi connectivity index (χ4n) is 1.20. The largest absolute Gasteiger partial charge is 0.388 e. The quantitative estimate of drug-likeness (QED) is 0.640. The maximum absolute atomic E-state index is 11.2. The minimum absolute atomic E-state index is 0.0803. The van der Waals surface area contributed by atoms with Gasteiger partial charge >= 0.3 is 0 Å². The Balaban J connectivity index is 3.64. The second-order valence-corrected chi connectivity index (χ2v) is 3.77. The highest BCUT2D eigenvalue weighted by molar-refractivity contribution is 5.76. The second kappa shape index (κ2) is 6.79. The highest BCUT2D eigenvalue weighted by atomic mass is 16.5. The number of methoxy groups -OCH3 is 1. The van der Waals surface area contributed by atoms with Gasteiger partial charge in [0.15, 0.2) is 0 Å². The fraction of sp³-hybridized carbons (Fsp3) is 0.900. The second-order valence-electron chi connectivity index (χ2n) is 3.77. The molecule has 0 spiro atoms. The van der Waals surface area contributed by atoms with E-state index >= 15 is 0 Å². The van der Waals surface area contributed by atoms with Crippen LogP contribution in [0.15, 0.2) is 0 Å². The lowest BCUT2D eigenvalue weighted by molar-refractivity contribution is -0.123. The van der Waals surface area contributed by atoms with Gasteiger partial charge in [-0.1, -0.05) is 13.3 Å². The first-order valence-corrected chi connectivity index (χ1v) is 5.00. The fourth-order valence-corrected chi connectivity index (χ4v) is 1.20. The van der Waals surface area contributed by atoms with Gasteiger partial charge in [0, 0.05) is 20.1 Å². The number of carbonyl (C=O) groups is 1. The van der Waals surface area contributed by atoms with E-state index in [1.165, 1.54) is 0 Å². The predicted molar refractivity (Wildman–Crippen MR) is 55.0 cm³/mol. The Morgan fingerprint density at radius 3 is 2.71 bits per heavy atom. The number of carbonyl (C=O) groups excluding carboxylic acids is 1. The molecule has 0 aliphatic rings. The van der Waals surface area contributed by atoms with Crippen LogP contribution in [-0.4, -0.2) is 36.9 Å². The van der Waals surface area contributed by atoms with E-state index in [1.54, 1.807) is 14.0 Å². The maximum Gasteiger partial charge on any atom is 0.222 e. The third kappa shape index (κ3) is 6.86. The summed E-state index contributed by atoms with van der Waals surface area (Å²) in [5.74, 6) is -0.0803. The molecular weight excluding hydrogens is 182 g/mol. The summed E-state index contributed by atoms with van der Waals surface area (Å²) in [5, 5.41) is 12.4. The Morgan fingerprint density at radius 2 is 2.21 bits per heavy atom. The number of amides is 1. The summed E-state index contributed by atoms with van der Waals surface area (Å²) in [7, 11) is 1.56. The minimum atomic E-state index is -0.794. The maximum atomic E-state index is 11.2. The third-order valence-corrected chi connectivity index (χ3v) is 1.99. The summed E-state index contributed by atoms with van der Waals surface area (Å²) in [5.41, 5.74) is -0.794. The molecule has 4 nitrogen and oxygen atoms in total. The van der Waals surface area contributed by atoms with Crippen LogP contribution in [0.3, 0.4) is 0 Å². The van der Waals surface area contributed by atoms with Gasteiger partial charge in [-0.25, -0.2) is 0 Å². The zero-order valence-electron chi connectivity index (χ0n) is 9.30. The van der Waals surface area contributed by atoms with Crippen molar-refractivity contribution < 1.29 is 14.6 Å². The van der Waals surface area contributed by atoms with Crippen molar-refractivity contribution in [3.8, 4) is 0 Å². The minimum Gasteiger partial charge on any atom is -0.388 e. The van der Waals surface area contributed by atoms with E-state index < -0.39 is 5.60 Å². The Labute approximate surface area is 85.6 Å². The number of nitrogens with one attached hydrogen (secondary N) is 1. The number of ether oxygens (including phenoxy) is 1. The first kappa shape index (κ1) is 13.4. The number of aliphatic hydroxyl groups is 1. The normalized spacial score (nSPS) is 14.9. The lowest BCUT2D eigenvalue weighted by atomic mass is 10.0. The molecule has 0 rings (SSSR count). The molecule has 14 heavy (non-hydrogen) atoms. The molecular formula is C10H21NO3. The monoisotopic (exact) mass is 203 g/mol. The summed E-state index contributed by atoms with van der Waals surface area (Å²) in [6.45, 7) is 4.46. The number of hydrogen-bond donors (Lipinski definition) is 2. The van der Waals surface area contributed by atoms with Gasteiger partial charge < -0.3 is 15.2 Å². The van der Waals surface area contributed by atoms with Crippen molar-refractivity contribution in [3.05, 3.63) is 0 Å². The van der Waals surface area contributed by atoms with Crippen molar-refractivity contribution in [3.63, 3.8) is 0 Å². The van der Waals surface area contributed by atoms with Gasteiger partial charge in [0.1, 0.15) is 0 Å². The topological polar surface area (TPSA) is 58.6 Å². The summed E-state index contributed by atoms with van der Waals surface area (Å²) in [4.78, 5) is 11.2. The van der Waals surface area contributed by atoms with Gasteiger partial charge in [-0.2, -0.15) is 0 Å². The van der Waals surface area contributed by atoms with Gasteiger partial charge in [0.2, 0.25) is 5.91 Å². The van der Waals surface area contributed by atoms with Gasteiger partial charge in [-0.3, -0.25) is 4.79 Å². The zero-order valence-corrected chi connectivity index (χ0v) is 9.30. The number of rotatable bonds is 7. The first-order valence-electron chi connectivity index (χ1n) is 5.00. The van der Waals surface area contributed by atoms with Crippen molar-refractivity contribution in [1.82, 2.24) is 5.32 Å². The van der Waals surface area contributed by atoms with Crippen LogP contribution >= 0.6 is 0 Å². The molecule has 0 aromatic rings. The molecule has 0 aliphatic carbocycles. The Kier molecular flexibility index (Phi) is 6.49. The van der Waals surface area contributed by atoms with Gasteiger partial charge in [-0.15, -0.1) is 0 Å². The molecule has 2 N–H and O–H groups in total. The van der Waals surface area contributed by atoms with Crippen LogP contribution in [0, 0.1) is 0 Å². The molecule has 84 valence electrons. The van der Waals surface area contributed by atoms with E-state index in [2.05, 4.69) is 5.32 Å². The molecule has 0 radical (unpaired) electrons. The Hall–Kier alpha value is -0.610. The van der Waals surface area contributed by atoms with Crippen LogP contribution in [-0.2, 0) is 9.53 Å². The molecule has 0 fully saturated rings. The molecule has 1 atom stereocenters. The van der Waals surface area contributed by atoms with Crippen LogP contribution in [0.4, 0.5) is 0 Å². The SMILES string of the molecule is CCCC(C)(O)CNC(=O)CCOC. The molecule has 0 aliphatic heterocycles. The van der Waals surface area contributed by atoms with Crippen LogP contribution in [0.25, 0.3) is 0 Å². The average molecular weight is 203 g/mol. The Bertz CT molecular complexity index is 169. The van der Waals surface area contributed by atoms with E-state index in [4.69, 9.17) is 4.74 Å². The first-order chi connectivity index (χ1) is 6.52. The molecule has 0 saturated heterocycles. The number of hydrogen-bond acceptors (Lipinski definition) is 3. The van der Waals surface area contributed by atoms with E-state index in [0.29, 0.717) is 26.0 Å². The molecule has 4 heteroatoms. The van der Waals surface area contributed by atoms with Crippen LogP contribution in [0.5, 0.6) is 0 Å². The Morgan fingerprint density at radius 1 is 1.57 bits per heavy atom. The lowest BCUT2D eigenvalue weighted by Gasteiger charge is -2.22. The lowest BCUT2D eigenvalue weighted by Crippen LogP contribution is -2.40. The van der Waals surface area contributed by atoms with E-state index in [1.807, 2.05) is 6.92 Å². The molecule has 0 bridgehead atoms. The van der Waals surface area contributed by atoms with Crippen molar-refractivity contribution in [2.45, 2.75) is 38.7 Å². The molecule has 1 amide bonds. The molecule has 0 saturated carbocycles. The van der Waals surface area contributed by atoms with Crippen molar-refractivity contribution >= 4 is 5.91 Å². The van der Waals surface area contributed by atoms with Crippen LogP contribution < -0.4 is 5.32 Å². The average Bonchev–Trinajstić information content (AvgIpc) is 2.11. The summed E-state index contributed by atoms with van der Waals surface area (Å²) >= 11 is 0. The van der Waals surface area contributed by atoms with Crippen molar-refractivity contribution in [2.24, 2.45) is 0 Å². The highest BCUT2D eigenvalue weighted by Gasteiger charge is 2.19. The molecule has 0 aromatic heterocycles. The molecule has 1 unspecified atom stereocenters. The van der Waals surface area contributed by atoms with E-state index in [9.17, 15) is 9.90 Å².